The van der Waals surface area contributed by atoms with E-state index in [0.717, 1.165) is 17.0 Å². The second kappa shape index (κ2) is 8.29. The van der Waals surface area contributed by atoms with Gasteiger partial charge in [0.15, 0.2) is 0 Å². The van der Waals surface area contributed by atoms with Crippen LogP contribution in [0.4, 0.5) is 0 Å². The van der Waals surface area contributed by atoms with E-state index in [4.69, 9.17) is 4.74 Å². The number of aryl methyl sites for hydroxylation is 2. The molecule has 0 aliphatic rings. The Morgan fingerprint density at radius 1 is 1.23 bits per heavy atom. The fourth-order valence-corrected chi connectivity index (χ4v) is 2.88. The van der Waals surface area contributed by atoms with Gasteiger partial charge in [0, 0.05) is 43.8 Å². The van der Waals surface area contributed by atoms with Gasteiger partial charge < -0.3 is 14.6 Å². The molecule has 2 aromatic heterocycles. The van der Waals surface area contributed by atoms with E-state index in [9.17, 15) is 4.79 Å². The summed E-state index contributed by atoms with van der Waals surface area (Å²) in [7, 11) is 3.53. The molecule has 0 radical (unpaired) electrons. The first kappa shape index (κ1) is 17.7. The van der Waals surface area contributed by atoms with Crippen molar-refractivity contribution in [2.75, 3.05) is 7.11 Å². The summed E-state index contributed by atoms with van der Waals surface area (Å²) in [5.41, 5.74) is 1.91. The van der Waals surface area contributed by atoms with Gasteiger partial charge in [-0.05, 0) is 24.1 Å². The van der Waals surface area contributed by atoms with Gasteiger partial charge in [-0.2, -0.15) is 0 Å². The molecule has 2 heterocycles. The van der Waals surface area contributed by atoms with Crippen molar-refractivity contribution in [3.63, 3.8) is 0 Å². The van der Waals surface area contributed by atoms with Crippen LogP contribution < -0.4 is 10.1 Å². The van der Waals surface area contributed by atoms with E-state index in [2.05, 4.69) is 15.3 Å². The largest absolute Gasteiger partial charge is 0.496 e. The molecule has 134 valence electrons. The van der Waals surface area contributed by atoms with Crippen molar-refractivity contribution >= 4 is 5.91 Å². The van der Waals surface area contributed by atoms with Gasteiger partial charge in [-0.25, -0.2) is 4.98 Å². The minimum atomic E-state index is -0.382. The number of imidazole rings is 1. The Bertz CT molecular complexity index is 861. The first-order valence-electron chi connectivity index (χ1n) is 8.47. The molecule has 1 atom stereocenters. The molecule has 26 heavy (non-hydrogen) atoms. The average Bonchev–Trinajstić information content (AvgIpc) is 3.11. The molecule has 0 fully saturated rings. The van der Waals surface area contributed by atoms with E-state index in [-0.39, 0.29) is 11.9 Å². The number of ether oxygens (including phenoxy) is 1. The van der Waals surface area contributed by atoms with E-state index in [1.807, 2.05) is 54.2 Å². The molecule has 3 aromatic rings. The Labute approximate surface area is 152 Å². The number of para-hydroxylation sites is 1. The van der Waals surface area contributed by atoms with Crippen LogP contribution in [0.3, 0.4) is 0 Å². The number of amides is 1. The topological polar surface area (TPSA) is 69.0 Å². The minimum absolute atomic E-state index is 0.0484. The molecule has 3 rings (SSSR count). The summed E-state index contributed by atoms with van der Waals surface area (Å²) >= 11 is 0. The standard InChI is InChI=1S/C20H22N4O2/c1-24-13-12-22-20(24)19(16-7-3-4-8-17(16)26-2)23-18(25)10-9-15-6-5-11-21-14-15/h3-8,11-14,19H,9-10H2,1-2H3,(H,23,25)/t19-/m1/s1. The molecule has 0 spiro atoms. The Hall–Kier alpha value is -3.15. The van der Waals surface area contributed by atoms with Crippen LogP contribution in [0.25, 0.3) is 0 Å². The Balaban J connectivity index is 1.80. The number of nitrogens with zero attached hydrogens (tertiary/aromatic N) is 3. The highest BCUT2D eigenvalue weighted by Gasteiger charge is 2.23. The number of hydrogen-bond acceptors (Lipinski definition) is 4. The van der Waals surface area contributed by atoms with Gasteiger partial charge in [0.05, 0.1) is 7.11 Å². The number of nitrogens with one attached hydrogen (secondary N) is 1. The molecule has 0 bridgehead atoms. The lowest BCUT2D eigenvalue weighted by atomic mass is 10.0. The summed E-state index contributed by atoms with van der Waals surface area (Å²) in [6.07, 6.45) is 8.10. The van der Waals surface area contributed by atoms with Crippen LogP contribution in [0, 0.1) is 0 Å². The summed E-state index contributed by atoms with van der Waals surface area (Å²) in [6, 6.07) is 11.1. The molecule has 0 aliphatic heterocycles. The van der Waals surface area contributed by atoms with Crippen LogP contribution in [0.1, 0.15) is 29.4 Å². The third-order valence-corrected chi connectivity index (χ3v) is 4.24. The van der Waals surface area contributed by atoms with Crippen LogP contribution in [0.2, 0.25) is 0 Å². The van der Waals surface area contributed by atoms with Crippen molar-refractivity contribution in [3.8, 4) is 5.75 Å². The van der Waals surface area contributed by atoms with Crippen LogP contribution in [-0.2, 0) is 18.3 Å². The third-order valence-electron chi connectivity index (χ3n) is 4.24. The first-order chi connectivity index (χ1) is 12.7. The lowest BCUT2D eigenvalue weighted by Crippen LogP contribution is -2.31. The number of aromatic nitrogens is 3. The predicted molar refractivity (Wildman–Crippen MR) is 98.7 cm³/mol. The highest BCUT2D eigenvalue weighted by molar-refractivity contribution is 5.77. The summed E-state index contributed by atoms with van der Waals surface area (Å²) < 4.78 is 7.38. The highest BCUT2D eigenvalue weighted by Crippen LogP contribution is 2.29. The molecular formula is C20H22N4O2. The lowest BCUT2D eigenvalue weighted by Gasteiger charge is -2.21. The molecular weight excluding hydrogens is 328 g/mol. The number of carbonyl (C=O) groups is 1. The van der Waals surface area contributed by atoms with Crippen molar-refractivity contribution < 1.29 is 9.53 Å². The molecule has 6 heteroatoms. The predicted octanol–water partition coefficient (Wildman–Crippen LogP) is 2.66. The van der Waals surface area contributed by atoms with Crippen molar-refractivity contribution in [2.24, 2.45) is 7.05 Å². The zero-order chi connectivity index (χ0) is 18.4. The van der Waals surface area contributed by atoms with E-state index >= 15 is 0 Å². The van der Waals surface area contributed by atoms with E-state index in [0.29, 0.717) is 18.6 Å². The SMILES string of the molecule is COc1ccccc1[C@@H](NC(=O)CCc1cccnc1)c1nccn1C. The number of pyridine rings is 1. The Morgan fingerprint density at radius 3 is 2.77 bits per heavy atom. The molecule has 0 unspecified atom stereocenters. The molecule has 1 amide bonds. The molecule has 6 nitrogen and oxygen atoms in total. The second-order valence-electron chi connectivity index (χ2n) is 6.00. The lowest BCUT2D eigenvalue weighted by molar-refractivity contribution is -0.121. The molecule has 1 N–H and O–H groups in total. The van der Waals surface area contributed by atoms with Crippen LogP contribution in [0.15, 0.2) is 61.2 Å². The summed E-state index contributed by atoms with van der Waals surface area (Å²) in [5, 5.41) is 3.10. The van der Waals surface area contributed by atoms with Gasteiger partial charge in [-0.1, -0.05) is 24.3 Å². The number of benzene rings is 1. The maximum absolute atomic E-state index is 12.6. The van der Waals surface area contributed by atoms with Gasteiger partial charge in [-0.3, -0.25) is 9.78 Å². The van der Waals surface area contributed by atoms with Crippen molar-refractivity contribution in [1.29, 1.82) is 0 Å². The summed E-state index contributed by atoms with van der Waals surface area (Å²) in [6.45, 7) is 0. The molecule has 0 saturated carbocycles. The third kappa shape index (κ3) is 4.08. The van der Waals surface area contributed by atoms with Crippen LogP contribution in [0.5, 0.6) is 5.75 Å². The van der Waals surface area contributed by atoms with Gasteiger partial charge in [0.2, 0.25) is 5.91 Å². The fraction of sp³-hybridized carbons (Fsp3) is 0.250. The number of rotatable bonds is 7. The van der Waals surface area contributed by atoms with Gasteiger partial charge in [0.25, 0.3) is 0 Å². The molecule has 0 aliphatic carbocycles. The average molecular weight is 350 g/mol. The van der Waals surface area contributed by atoms with Crippen LogP contribution >= 0.6 is 0 Å². The molecule has 1 aromatic carbocycles. The molecule has 0 saturated heterocycles. The normalized spacial score (nSPS) is 11.8. The van der Waals surface area contributed by atoms with Crippen molar-refractivity contribution in [2.45, 2.75) is 18.9 Å². The zero-order valence-corrected chi connectivity index (χ0v) is 14.9. The van der Waals surface area contributed by atoms with E-state index < -0.39 is 0 Å². The van der Waals surface area contributed by atoms with E-state index in [1.165, 1.54) is 0 Å². The quantitative estimate of drug-likeness (QED) is 0.711. The number of methoxy groups -OCH3 is 1. The minimum Gasteiger partial charge on any atom is -0.496 e. The Morgan fingerprint density at radius 2 is 2.08 bits per heavy atom. The highest BCUT2D eigenvalue weighted by atomic mass is 16.5. The van der Waals surface area contributed by atoms with Crippen LogP contribution in [-0.4, -0.2) is 27.6 Å². The number of hydrogen-bond donors (Lipinski definition) is 1. The zero-order valence-electron chi connectivity index (χ0n) is 14.9. The number of carbonyl (C=O) groups excluding carboxylic acids is 1. The van der Waals surface area contributed by atoms with Gasteiger partial charge in [-0.15, -0.1) is 0 Å². The van der Waals surface area contributed by atoms with Gasteiger partial charge in [0.1, 0.15) is 17.6 Å². The van der Waals surface area contributed by atoms with Crippen molar-refractivity contribution in [3.05, 3.63) is 78.1 Å². The summed E-state index contributed by atoms with van der Waals surface area (Å²) in [4.78, 5) is 21.1. The smallest absolute Gasteiger partial charge is 0.221 e. The van der Waals surface area contributed by atoms with Crippen molar-refractivity contribution in [1.82, 2.24) is 19.9 Å². The second-order valence-corrected chi connectivity index (χ2v) is 6.00. The maximum atomic E-state index is 12.6. The monoisotopic (exact) mass is 350 g/mol. The van der Waals surface area contributed by atoms with Gasteiger partial charge >= 0.3 is 0 Å². The van der Waals surface area contributed by atoms with E-state index in [1.54, 1.807) is 25.7 Å². The Kier molecular flexibility index (Phi) is 5.63. The maximum Gasteiger partial charge on any atom is 0.221 e. The summed E-state index contributed by atoms with van der Waals surface area (Å²) in [5.74, 6) is 1.42. The first-order valence-corrected chi connectivity index (χ1v) is 8.47. The fourth-order valence-electron chi connectivity index (χ4n) is 2.88.